The Morgan fingerprint density at radius 1 is 1.21 bits per heavy atom. The van der Waals surface area contributed by atoms with E-state index >= 15 is 0 Å². The van der Waals surface area contributed by atoms with Crippen LogP contribution in [0.25, 0.3) is 10.9 Å². The van der Waals surface area contributed by atoms with Crippen molar-refractivity contribution >= 4 is 16.6 Å². The topological polar surface area (TPSA) is 37.4 Å². The number of pyridine rings is 1. The van der Waals surface area contributed by atoms with Crippen molar-refractivity contribution in [2.45, 2.75) is 26.1 Å². The number of nitrogens with zero attached hydrogens (tertiary/aromatic N) is 2. The molecular formula is C17H20F3N3O. The van der Waals surface area contributed by atoms with Crippen molar-refractivity contribution in [2.75, 3.05) is 31.1 Å². The third-order valence-electron chi connectivity index (χ3n) is 4.01. The molecule has 1 aliphatic rings. The first-order chi connectivity index (χ1) is 11.5. The Morgan fingerprint density at radius 2 is 1.96 bits per heavy atom. The second kappa shape index (κ2) is 6.84. The molecule has 1 N–H and O–H groups in total. The Labute approximate surface area is 138 Å². The van der Waals surface area contributed by atoms with Crippen LogP contribution < -0.4 is 15.0 Å². The van der Waals surface area contributed by atoms with Gasteiger partial charge in [-0.2, -0.15) is 0 Å². The summed E-state index contributed by atoms with van der Waals surface area (Å²) in [6.07, 6.45) is -2.98. The molecular weight excluding hydrogens is 319 g/mol. The number of ether oxygens (including phenoxy) is 1. The van der Waals surface area contributed by atoms with Gasteiger partial charge in [0, 0.05) is 49.0 Å². The molecule has 0 atom stereocenters. The fourth-order valence-electron chi connectivity index (χ4n) is 2.99. The van der Waals surface area contributed by atoms with Gasteiger partial charge in [-0.25, -0.2) is 0 Å². The van der Waals surface area contributed by atoms with E-state index in [0.29, 0.717) is 5.52 Å². The van der Waals surface area contributed by atoms with Crippen molar-refractivity contribution in [1.29, 1.82) is 0 Å². The molecule has 4 nitrogen and oxygen atoms in total. The minimum Gasteiger partial charge on any atom is -0.406 e. The molecule has 3 rings (SSSR count). The number of aryl methyl sites for hydroxylation is 1. The highest BCUT2D eigenvalue weighted by molar-refractivity contribution is 5.93. The lowest BCUT2D eigenvalue weighted by Crippen LogP contribution is -2.43. The van der Waals surface area contributed by atoms with E-state index in [9.17, 15) is 13.2 Å². The first-order valence-electron chi connectivity index (χ1n) is 8.11. The maximum Gasteiger partial charge on any atom is 0.573 e. The molecule has 0 spiro atoms. The Hall–Kier alpha value is -2.02. The van der Waals surface area contributed by atoms with Gasteiger partial charge in [-0.3, -0.25) is 4.98 Å². The summed E-state index contributed by atoms with van der Waals surface area (Å²) in [5.74, 6) is -0.234. The smallest absolute Gasteiger partial charge is 0.406 e. The summed E-state index contributed by atoms with van der Waals surface area (Å²) in [5.41, 5.74) is 2.46. The van der Waals surface area contributed by atoms with Crippen LogP contribution in [0.1, 0.15) is 19.0 Å². The summed E-state index contributed by atoms with van der Waals surface area (Å²) < 4.78 is 41.4. The predicted molar refractivity (Wildman–Crippen MR) is 87.5 cm³/mol. The summed E-state index contributed by atoms with van der Waals surface area (Å²) in [7, 11) is 0. The number of halogens is 3. The van der Waals surface area contributed by atoms with Crippen LogP contribution in [0, 0.1) is 0 Å². The molecule has 1 fully saturated rings. The number of benzene rings is 1. The summed E-state index contributed by atoms with van der Waals surface area (Å²) in [6, 6.07) is 6.44. The van der Waals surface area contributed by atoms with Crippen LogP contribution in [-0.4, -0.2) is 37.5 Å². The predicted octanol–water partition coefficient (Wildman–Crippen LogP) is 3.50. The Balaban J connectivity index is 2.04. The molecule has 1 aromatic carbocycles. The standard InChI is InChI=1S/C17H20F3N3O/c1-2-3-12-10-16(23-8-6-21-7-9-23)14-5-4-13(11-15(14)22-12)24-17(18,19)20/h4-5,10-11,21H,2-3,6-9H2,1H3. The first kappa shape index (κ1) is 16.8. The Morgan fingerprint density at radius 3 is 2.62 bits per heavy atom. The summed E-state index contributed by atoms with van der Waals surface area (Å²) in [4.78, 5) is 6.78. The molecule has 0 aliphatic carbocycles. The number of aromatic nitrogens is 1. The van der Waals surface area contributed by atoms with Crippen molar-refractivity contribution < 1.29 is 17.9 Å². The van der Waals surface area contributed by atoms with Crippen molar-refractivity contribution in [1.82, 2.24) is 10.3 Å². The van der Waals surface area contributed by atoms with Gasteiger partial charge in [0.1, 0.15) is 5.75 Å². The zero-order chi connectivity index (χ0) is 17.2. The number of fused-ring (bicyclic) bond motifs is 1. The lowest BCUT2D eigenvalue weighted by Gasteiger charge is -2.30. The van der Waals surface area contributed by atoms with Crippen LogP contribution in [0.4, 0.5) is 18.9 Å². The summed E-state index contributed by atoms with van der Waals surface area (Å²) >= 11 is 0. The average Bonchev–Trinajstić information content (AvgIpc) is 2.53. The van der Waals surface area contributed by atoms with E-state index in [-0.39, 0.29) is 5.75 Å². The van der Waals surface area contributed by atoms with E-state index in [1.807, 2.05) is 0 Å². The maximum atomic E-state index is 12.5. The van der Waals surface area contributed by atoms with Crippen molar-refractivity contribution in [3.8, 4) is 5.75 Å². The van der Waals surface area contributed by atoms with Gasteiger partial charge < -0.3 is 15.0 Å². The molecule has 130 valence electrons. The highest BCUT2D eigenvalue weighted by Crippen LogP contribution is 2.32. The van der Waals surface area contributed by atoms with Crippen LogP contribution in [0.2, 0.25) is 0 Å². The van der Waals surface area contributed by atoms with Gasteiger partial charge in [-0.1, -0.05) is 13.3 Å². The van der Waals surface area contributed by atoms with Gasteiger partial charge in [0.2, 0.25) is 0 Å². The van der Waals surface area contributed by atoms with E-state index in [1.165, 1.54) is 12.1 Å². The zero-order valence-electron chi connectivity index (χ0n) is 13.5. The molecule has 0 amide bonds. The number of rotatable bonds is 4. The van der Waals surface area contributed by atoms with E-state index in [1.54, 1.807) is 6.07 Å². The van der Waals surface area contributed by atoms with Gasteiger partial charge in [0.05, 0.1) is 5.52 Å². The van der Waals surface area contributed by atoms with E-state index < -0.39 is 6.36 Å². The molecule has 0 radical (unpaired) electrons. The van der Waals surface area contributed by atoms with Crippen molar-refractivity contribution in [3.05, 3.63) is 30.0 Å². The van der Waals surface area contributed by atoms with Gasteiger partial charge >= 0.3 is 6.36 Å². The molecule has 7 heteroatoms. The number of hydrogen-bond donors (Lipinski definition) is 1. The molecule has 1 saturated heterocycles. The highest BCUT2D eigenvalue weighted by atomic mass is 19.4. The molecule has 0 unspecified atom stereocenters. The largest absolute Gasteiger partial charge is 0.573 e. The van der Waals surface area contributed by atoms with Gasteiger partial charge in [-0.05, 0) is 24.6 Å². The summed E-state index contributed by atoms with van der Waals surface area (Å²) in [5, 5.41) is 4.16. The molecule has 1 aromatic heterocycles. The number of piperazine rings is 1. The monoisotopic (exact) mass is 339 g/mol. The minimum atomic E-state index is -4.70. The number of alkyl halides is 3. The Bertz CT molecular complexity index is 712. The lowest BCUT2D eigenvalue weighted by molar-refractivity contribution is -0.274. The number of anilines is 1. The second-order valence-electron chi connectivity index (χ2n) is 5.85. The molecule has 2 heterocycles. The summed E-state index contributed by atoms with van der Waals surface area (Å²) in [6.45, 7) is 5.57. The van der Waals surface area contributed by atoms with Crippen LogP contribution in [0.3, 0.4) is 0 Å². The van der Waals surface area contributed by atoms with Crippen LogP contribution >= 0.6 is 0 Å². The molecule has 24 heavy (non-hydrogen) atoms. The van der Waals surface area contributed by atoms with Crippen LogP contribution in [0.5, 0.6) is 5.75 Å². The average molecular weight is 339 g/mol. The van der Waals surface area contributed by atoms with E-state index in [2.05, 4.69) is 32.9 Å². The minimum absolute atomic E-state index is 0.234. The molecule has 1 aliphatic heterocycles. The fourth-order valence-corrected chi connectivity index (χ4v) is 2.99. The van der Waals surface area contributed by atoms with Gasteiger partial charge in [0.15, 0.2) is 0 Å². The van der Waals surface area contributed by atoms with Crippen molar-refractivity contribution in [3.63, 3.8) is 0 Å². The lowest BCUT2D eigenvalue weighted by atomic mass is 10.1. The normalized spacial score (nSPS) is 15.8. The third-order valence-corrected chi connectivity index (χ3v) is 4.01. The Kier molecular flexibility index (Phi) is 4.80. The number of nitrogens with one attached hydrogen (secondary N) is 1. The first-order valence-corrected chi connectivity index (χ1v) is 8.11. The second-order valence-corrected chi connectivity index (χ2v) is 5.85. The van der Waals surface area contributed by atoms with Gasteiger partial charge in [-0.15, -0.1) is 13.2 Å². The molecule has 2 aromatic rings. The SMILES string of the molecule is CCCc1cc(N2CCNCC2)c2ccc(OC(F)(F)F)cc2n1. The number of hydrogen-bond acceptors (Lipinski definition) is 4. The highest BCUT2D eigenvalue weighted by Gasteiger charge is 2.31. The third kappa shape index (κ3) is 3.90. The molecule has 0 saturated carbocycles. The maximum absolute atomic E-state index is 12.5. The zero-order valence-corrected chi connectivity index (χ0v) is 13.5. The molecule has 0 bridgehead atoms. The quantitative estimate of drug-likeness (QED) is 0.925. The van der Waals surface area contributed by atoms with E-state index in [0.717, 1.165) is 55.8 Å². The van der Waals surface area contributed by atoms with Gasteiger partial charge in [0.25, 0.3) is 0 Å². The van der Waals surface area contributed by atoms with Crippen LogP contribution in [-0.2, 0) is 6.42 Å². The van der Waals surface area contributed by atoms with Crippen LogP contribution in [0.15, 0.2) is 24.3 Å². The fraction of sp³-hybridized carbons (Fsp3) is 0.471. The van der Waals surface area contributed by atoms with E-state index in [4.69, 9.17) is 0 Å². The van der Waals surface area contributed by atoms with Crippen molar-refractivity contribution in [2.24, 2.45) is 0 Å².